The molecule has 0 aliphatic heterocycles. The zero-order valence-corrected chi connectivity index (χ0v) is 11.3. The second-order valence-corrected chi connectivity index (χ2v) is 4.20. The molecule has 0 fully saturated rings. The van der Waals surface area contributed by atoms with Crippen molar-refractivity contribution in [2.24, 2.45) is 0 Å². The monoisotopic (exact) mass is 270 g/mol. The highest BCUT2D eigenvalue weighted by Crippen LogP contribution is 2.22. The third-order valence-corrected chi connectivity index (χ3v) is 2.77. The van der Waals surface area contributed by atoms with Crippen LogP contribution in [0.5, 0.6) is 11.5 Å². The number of Topliss-reactive ketones (excluding diaryl/α,β-unsaturated/α-hetero) is 1. The third kappa shape index (κ3) is 3.23. The van der Waals surface area contributed by atoms with Gasteiger partial charge in [0.15, 0.2) is 5.78 Å². The molecule has 2 aromatic carbocycles. The molecular formula is C16H14O4. The van der Waals surface area contributed by atoms with Gasteiger partial charge in [0.1, 0.15) is 11.5 Å². The fourth-order valence-corrected chi connectivity index (χ4v) is 1.67. The molecule has 0 spiro atoms. The van der Waals surface area contributed by atoms with Crippen LogP contribution in [0.1, 0.15) is 27.6 Å². The molecule has 0 aliphatic carbocycles. The first-order valence-corrected chi connectivity index (χ1v) is 6.07. The Morgan fingerprint density at radius 3 is 1.65 bits per heavy atom. The summed E-state index contributed by atoms with van der Waals surface area (Å²) in [6.07, 6.45) is 0. The molecule has 2 rings (SSSR count). The summed E-state index contributed by atoms with van der Waals surface area (Å²) in [6.45, 7) is 1.52. The van der Waals surface area contributed by atoms with E-state index in [0.29, 0.717) is 22.6 Å². The molecule has 0 saturated heterocycles. The number of carbonyl (C=O) groups excluding carboxylic acids is 2. The molecule has 0 aromatic heterocycles. The second-order valence-electron chi connectivity index (χ2n) is 4.20. The number of hydrogen-bond acceptors (Lipinski definition) is 4. The molecule has 4 heteroatoms. The standard InChI is InChI=1S/C16H14O4/c1-11(17)12-3-7-14(8-4-12)20-15-9-5-13(6-10-15)16(18)19-2/h3-10H,1-2H3. The van der Waals surface area contributed by atoms with Gasteiger partial charge in [0.2, 0.25) is 0 Å². The normalized spacial score (nSPS) is 9.90. The molecule has 0 radical (unpaired) electrons. The van der Waals surface area contributed by atoms with Crippen LogP contribution in [0.3, 0.4) is 0 Å². The average Bonchev–Trinajstić information content (AvgIpc) is 2.48. The van der Waals surface area contributed by atoms with E-state index in [4.69, 9.17) is 4.74 Å². The Kier molecular flexibility index (Phi) is 4.15. The van der Waals surface area contributed by atoms with E-state index in [1.165, 1.54) is 14.0 Å². The fourth-order valence-electron chi connectivity index (χ4n) is 1.67. The van der Waals surface area contributed by atoms with Crippen LogP contribution < -0.4 is 4.74 Å². The highest BCUT2D eigenvalue weighted by atomic mass is 16.5. The first-order valence-electron chi connectivity index (χ1n) is 6.07. The smallest absolute Gasteiger partial charge is 0.337 e. The van der Waals surface area contributed by atoms with Gasteiger partial charge in [-0.05, 0) is 55.5 Å². The summed E-state index contributed by atoms with van der Waals surface area (Å²) in [5.41, 5.74) is 1.10. The molecule has 102 valence electrons. The summed E-state index contributed by atoms with van der Waals surface area (Å²) in [5.74, 6) is 0.857. The summed E-state index contributed by atoms with van der Waals surface area (Å²) in [4.78, 5) is 22.4. The van der Waals surface area contributed by atoms with E-state index >= 15 is 0 Å². The van der Waals surface area contributed by atoms with Gasteiger partial charge in [-0.2, -0.15) is 0 Å². The molecule has 0 N–H and O–H groups in total. The number of benzene rings is 2. The number of hydrogen-bond donors (Lipinski definition) is 0. The Morgan fingerprint density at radius 1 is 0.800 bits per heavy atom. The predicted octanol–water partition coefficient (Wildman–Crippen LogP) is 3.47. The number of ketones is 1. The zero-order valence-electron chi connectivity index (χ0n) is 11.3. The predicted molar refractivity (Wildman–Crippen MR) is 74.3 cm³/mol. The first kappa shape index (κ1) is 13.8. The van der Waals surface area contributed by atoms with Crippen LogP contribution in [0.2, 0.25) is 0 Å². The SMILES string of the molecule is COC(=O)c1ccc(Oc2ccc(C(C)=O)cc2)cc1. The van der Waals surface area contributed by atoms with E-state index in [9.17, 15) is 9.59 Å². The first-order chi connectivity index (χ1) is 9.60. The van der Waals surface area contributed by atoms with Gasteiger partial charge in [-0.1, -0.05) is 0 Å². The summed E-state index contributed by atoms with van der Waals surface area (Å²) < 4.78 is 10.2. The van der Waals surface area contributed by atoms with E-state index in [1.54, 1.807) is 48.5 Å². The molecular weight excluding hydrogens is 256 g/mol. The molecule has 4 nitrogen and oxygen atoms in total. The van der Waals surface area contributed by atoms with Crippen molar-refractivity contribution >= 4 is 11.8 Å². The van der Waals surface area contributed by atoms with Crippen molar-refractivity contribution < 1.29 is 19.1 Å². The van der Waals surface area contributed by atoms with Crippen LogP contribution >= 0.6 is 0 Å². The van der Waals surface area contributed by atoms with Crippen molar-refractivity contribution in [1.82, 2.24) is 0 Å². The van der Waals surface area contributed by atoms with E-state index in [1.807, 2.05) is 0 Å². The summed E-state index contributed by atoms with van der Waals surface area (Å²) in [6, 6.07) is 13.5. The fraction of sp³-hybridized carbons (Fsp3) is 0.125. The van der Waals surface area contributed by atoms with Gasteiger partial charge >= 0.3 is 5.97 Å². The lowest BCUT2D eigenvalue weighted by Crippen LogP contribution is -2.00. The van der Waals surface area contributed by atoms with Gasteiger partial charge in [0.25, 0.3) is 0 Å². The minimum atomic E-state index is -0.387. The van der Waals surface area contributed by atoms with Gasteiger partial charge in [0.05, 0.1) is 12.7 Å². The molecule has 0 unspecified atom stereocenters. The second kappa shape index (κ2) is 6.02. The lowest BCUT2D eigenvalue weighted by Gasteiger charge is -2.06. The van der Waals surface area contributed by atoms with Gasteiger partial charge in [0, 0.05) is 5.56 Å². The molecule has 2 aromatic rings. The Labute approximate surface area is 116 Å². The number of methoxy groups -OCH3 is 1. The molecule has 0 bridgehead atoms. The largest absolute Gasteiger partial charge is 0.465 e. The number of carbonyl (C=O) groups is 2. The van der Waals surface area contributed by atoms with Crippen LogP contribution in [-0.4, -0.2) is 18.9 Å². The molecule has 0 atom stereocenters. The van der Waals surface area contributed by atoms with Crippen molar-refractivity contribution in [3.05, 3.63) is 59.7 Å². The van der Waals surface area contributed by atoms with Crippen LogP contribution in [0, 0.1) is 0 Å². The Bertz CT molecular complexity index is 612. The number of esters is 1. The third-order valence-electron chi connectivity index (χ3n) is 2.77. The molecule has 0 amide bonds. The summed E-state index contributed by atoms with van der Waals surface area (Å²) >= 11 is 0. The van der Waals surface area contributed by atoms with Crippen molar-refractivity contribution in [2.75, 3.05) is 7.11 Å². The van der Waals surface area contributed by atoms with Crippen molar-refractivity contribution in [3.63, 3.8) is 0 Å². The Hall–Kier alpha value is -2.62. The van der Waals surface area contributed by atoms with Crippen molar-refractivity contribution in [3.8, 4) is 11.5 Å². The lowest BCUT2D eigenvalue weighted by molar-refractivity contribution is 0.0600. The van der Waals surface area contributed by atoms with Gasteiger partial charge in [-0.25, -0.2) is 4.79 Å². The van der Waals surface area contributed by atoms with Gasteiger partial charge < -0.3 is 9.47 Å². The zero-order chi connectivity index (χ0) is 14.5. The summed E-state index contributed by atoms with van der Waals surface area (Å²) in [7, 11) is 1.34. The van der Waals surface area contributed by atoms with E-state index in [-0.39, 0.29) is 11.8 Å². The highest BCUT2D eigenvalue weighted by molar-refractivity contribution is 5.94. The topological polar surface area (TPSA) is 52.6 Å². The lowest BCUT2D eigenvalue weighted by atomic mass is 10.1. The van der Waals surface area contributed by atoms with Crippen molar-refractivity contribution in [2.45, 2.75) is 6.92 Å². The Morgan fingerprint density at radius 2 is 1.25 bits per heavy atom. The quantitative estimate of drug-likeness (QED) is 0.630. The highest BCUT2D eigenvalue weighted by Gasteiger charge is 2.05. The van der Waals surface area contributed by atoms with E-state index < -0.39 is 0 Å². The Balaban J connectivity index is 2.10. The van der Waals surface area contributed by atoms with E-state index in [0.717, 1.165) is 0 Å². The van der Waals surface area contributed by atoms with Crippen molar-refractivity contribution in [1.29, 1.82) is 0 Å². The maximum absolute atomic E-state index is 11.3. The average molecular weight is 270 g/mol. The van der Waals surface area contributed by atoms with Gasteiger partial charge in [-0.15, -0.1) is 0 Å². The van der Waals surface area contributed by atoms with Gasteiger partial charge in [-0.3, -0.25) is 4.79 Å². The maximum atomic E-state index is 11.3. The minimum Gasteiger partial charge on any atom is -0.465 e. The van der Waals surface area contributed by atoms with E-state index in [2.05, 4.69) is 4.74 Å². The molecule has 20 heavy (non-hydrogen) atoms. The molecule has 0 aliphatic rings. The summed E-state index contributed by atoms with van der Waals surface area (Å²) in [5, 5.41) is 0. The van der Waals surface area contributed by atoms with Crippen LogP contribution in [0.4, 0.5) is 0 Å². The maximum Gasteiger partial charge on any atom is 0.337 e. The van der Waals surface area contributed by atoms with Crippen LogP contribution in [0.15, 0.2) is 48.5 Å². The number of rotatable bonds is 4. The van der Waals surface area contributed by atoms with Crippen LogP contribution in [0.25, 0.3) is 0 Å². The molecule has 0 saturated carbocycles. The minimum absolute atomic E-state index is 0.0129. The van der Waals surface area contributed by atoms with Crippen LogP contribution in [-0.2, 0) is 4.74 Å². The number of ether oxygens (including phenoxy) is 2. The molecule has 0 heterocycles.